The molecule has 13 heavy (non-hydrogen) atoms. The quantitative estimate of drug-likeness (QED) is 0.735. The second-order valence-corrected chi connectivity index (χ2v) is 4.04. The summed E-state index contributed by atoms with van der Waals surface area (Å²) >= 11 is 3.48. The third-order valence-corrected chi connectivity index (χ3v) is 2.78. The van der Waals surface area contributed by atoms with Gasteiger partial charge in [-0.3, -0.25) is 0 Å². The number of hydrogen-bond acceptors (Lipinski definition) is 1. The Morgan fingerprint density at radius 3 is 2.54 bits per heavy atom. The Balaban J connectivity index is 2.02. The first-order valence-electron chi connectivity index (χ1n) is 4.66. The zero-order valence-corrected chi connectivity index (χ0v) is 9.03. The van der Waals surface area contributed by atoms with Gasteiger partial charge in [-0.15, -0.1) is 0 Å². The van der Waals surface area contributed by atoms with Crippen molar-refractivity contribution in [3.63, 3.8) is 0 Å². The van der Waals surface area contributed by atoms with Gasteiger partial charge in [0.05, 0.1) is 12.2 Å². The summed E-state index contributed by atoms with van der Waals surface area (Å²) in [4.78, 5) is 0. The van der Waals surface area contributed by atoms with E-state index >= 15 is 0 Å². The lowest BCUT2D eigenvalue weighted by Gasteiger charge is -2.14. The minimum atomic E-state index is 0.230. The second kappa shape index (κ2) is 4.25. The highest BCUT2D eigenvalue weighted by atomic mass is 79.9. The summed E-state index contributed by atoms with van der Waals surface area (Å²) in [7, 11) is 0. The Morgan fingerprint density at radius 1 is 1.31 bits per heavy atom. The molecule has 70 valence electrons. The van der Waals surface area contributed by atoms with Crippen LogP contribution in [0.25, 0.3) is 0 Å². The molecule has 1 saturated carbocycles. The van der Waals surface area contributed by atoms with E-state index in [9.17, 15) is 0 Å². The van der Waals surface area contributed by atoms with Crippen LogP contribution in [0.15, 0.2) is 30.3 Å². The molecule has 1 atom stereocenters. The predicted molar refractivity (Wildman–Crippen MR) is 57.1 cm³/mol. The van der Waals surface area contributed by atoms with Gasteiger partial charge >= 0.3 is 0 Å². The molecule has 1 unspecified atom stereocenters. The molecule has 0 radical (unpaired) electrons. The Kier molecular flexibility index (Phi) is 3.01. The standard InChI is InChI=1S/C11H13BrO/c12-8-11(13-10-6-7-10)9-4-2-1-3-5-9/h1-5,10-11H,6-8H2. The number of ether oxygens (including phenoxy) is 1. The first-order valence-corrected chi connectivity index (χ1v) is 5.78. The lowest BCUT2D eigenvalue weighted by Crippen LogP contribution is -2.06. The van der Waals surface area contributed by atoms with Crippen LogP contribution in [-0.2, 0) is 4.74 Å². The van der Waals surface area contributed by atoms with Crippen LogP contribution in [0.4, 0.5) is 0 Å². The molecule has 1 aromatic carbocycles. The van der Waals surface area contributed by atoms with Crippen LogP contribution in [-0.4, -0.2) is 11.4 Å². The van der Waals surface area contributed by atoms with E-state index in [-0.39, 0.29) is 6.10 Å². The van der Waals surface area contributed by atoms with Crippen molar-refractivity contribution >= 4 is 15.9 Å². The fraction of sp³-hybridized carbons (Fsp3) is 0.455. The van der Waals surface area contributed by atoms with Crippen LogP contribution in [0, 0.1) is 0 Å². The average Bonchev–Trinajstić information content (AvgIpc) is 2.99. The van der Waals surface area contributed by atoms with Gasteiger partial charge in [0.25, 0.3) is 0 Å². The first kappa shape index (κ1) is 9.22. The molecule has 0 N–H and O–H groups in total. The van der Waals surface area contributed by atoms with E-state index in [0.717, 1.165) is 5.33 Å². The SMILES string of the molecule is BrCC(OC1CC1)c1ccccc1. The first-order chi connectivity index (χ1) is 6.40. The van der Waals surface area contributed by atoms with Crippen LogP contribution in [0.1, 0.15) is 24.5 Å². The van der Waals surface area contributed by atoms with E-state index in [1.807, 2.05) is 6.07 Å². The van der Waals surface area contributed by atoms with Crippen molar-refractivity contribution in [2.75, 3.05) is 5.33 Å². The fourth-order valence-electron chi connectivity index (χ4n) is 1.31. The van der Waals surface area contributed by atoms with Gasteiger partial charge in [-0.25, -0.2) is 0 Å². The summed E-state index contributed by atoms with van der Waals surface area (Å²) in [5, 5.41) is 0.882. The number of halogens is 1. The molecule has 0 aromatic heterocycles. The molecule has 1 fully saturated rings. The van der Waals surface area contributed by atoms with Gasteiger partial charge in [-0.2, -0.15) is 0 Å². The number of hydrogen-bond donors (Lipinski definition) is 0. The zero-order chi connectivity index (χ0) is 9.10. The number of rotatable bonds is 4. The van der Waals surface area contributed by atoms with E-state index < -0.39 is 0 Å². The molecule has 2 rings (SSSR count). The monoisotopic (exact) mass is 240 g/mol. The molecule has 0 aliphatic heterocycles. The highest BCUT2D eigenvalue weighted by Gasteiger charge is 2.26. The highest BCUT2D eigenvalue weighted by molar-refractivity contribution is 9.09. The minimum absolute atomic E-state index is 0.230. The maximum Gasteiger partial charge on any atom is 0.0925 e. The molecule has 2 heteroatoms. The van der Waals surface area contributed by atoms with E-state index in [2.05, 4.69) is 40.2 Å². The molecule has 0 heterocycles. The molecular formula is C11H13BrO. The largest absolute Gasteiger partial charge is 0.369 e. The Labute approximate surface area is 87.2 Å². The van der Waals surface area contributed by atoms with Crippen molar-refractivity contribution in [1.82, 2.24) is 0 Å². The molecule has 0 spiro atoms. The lowest BCUT2D eigenvalue weighted by atomic mass is 10.1. The normalized spacial score (nSPS) is 18.5. The third-order valence-electron chi connectivity index (χ3n) is 2.19. The van der Waals surface area contributed by atoms with E-state index in [4.69, 9.17) is 4.74 Å². The average molecular weight is 241 g/mol. The lowest BCUT2D eigenvalue weighted by molar-refractivity contribution is 0.0559. The molecule has 0 amide bonds. The van der Waals surface area contributed by atoms with Crippen molar-refractivity contribution < 1.29 is 4.74 Å². The van der Waals surface area contributed by atoms with Gasteiger partial charge in [-0.05, 0) is 18.4 Å². The van der Waals surface area contributed by atoms with Gasteiger partial charge in [0.2, 0.25) is 0 Å². The van der Waals surface area contributed by atoms with Gasteiger partial charge in [0, 0.05) is 5.33 Å². The van der Waals surface area contributed by atoms with Crippen molar-refractivity contribution in [2.45, 2.75) is 25.0 Å². The molecule has 0 bridgehead atoms. The van der Waals surface area contributed by atoms with Crippen LogP contribution in [0.2, 0.25) is 0 Å². The van der Waals surface area contributed by atoms with E-state index in [1.54, 1.807) is 0 Å². The second-order valence-electron chi connectivity index (χ2n) is 3.39. The summed E-state index contributed by atoms with van der Waals surface area (Å²) in [5.74, 6) is 0. The fourth-order valence-corrected chi connectivity index (χ4v) is 1.83. The van der Waals surface area contributed by atoms with E-state index in [1.165, 1.54) is 18.4 Å². The summed E-state index contributed by atoms with van der Waals surface area (Å²) < 4.78 is 5.85. The van der Waals surface area contributed by atoms with Crippen molar-refractivity contribution in [2.24, 2.45) is 0 Å². The van der Waals surface area contributed by atoms with Crippen molar-refractivity contribution in [3.05, 3.63) is 35.9 Å². The maximum absolute atomic E-state index is 5.85. The van der Waals surface area contributed by atoms with E-state index in [0.29, 0.717) is 6.10 Å². The van der Waals surface area contributed by atoms with Crippen molar-refractivity contribution in [3.8, 4) is 0 Å². The molecule has 1 aliphatic rings. The van der Waals surface area contributed by atoms with Gasteiger partial charge in [-0.1, -0.05) is 46.3 Å². The Morgan fingerprint density at radius 2 is 2.00 bits per heavy atom. The van der Waals surface area contributed by atoms with Gasteiger partial charge < -0.3 is 4.74 Å². The molecular weight excluding hydrogens is 228 g/mol. The zero-order valence-electron chi connectivity index (χ0n) is 7.45. The van der Waals surface area contributed by atoms with Crippen LogP contribution < -0.4 is 0 Å². The summed E-state index contributed by atoms with van der Waals surface area (Å²) in [6.45, 7) is 0. The molecule has 1 aliphatic carbocycles. The third kappa shape index (κ3) is 2.55. The topological polar surface area (TPSA) is 9.23 Å². The Hall–Kier alpha value is -0.340. The van der Waals surface area contributed by atoms with Gasteiger partial charge in [0.1, 0.15) is 0 Å². The number of alkyl halides is 1. The van der Waals surface area contributed by atoms with Gasteiger partial charge in [0.15, 0.2) is 0 Å². The van der Waals surface area contributed by atoms with Crippen LogP contribution in [0.5, 0.6) is 0 Å². The molecule has 0 saturated heterocycles. The maximum atomic E-state index is 5.85. The summed E-state index contributed by atoms with van der Waals surface area (Å²) in [6.07, 6.45) is 3.21. The van der Waals surface area contributed by atoms with Crippen LogP contribution >= 0.6 is 15.9 Å². The number of benzene rings is 1. The summed E-state index contributed by atoms with van der Waals surface area (Å²) in [6, 6.07) is 10.4. The molecule has 1 aromatic rings. The van der Waals surface area contributed by atoms with Crippen molar-refractivity contribution in [1.29, 1.82) is 0 Å². The smallest absolute Gasteiger partial charge is 0.0925 e. The Bertz CT molecular complexity index is 256. The minimum Gasteiger partial charge on any atom is -0.369 e. The van der Waals surface area contributed by atoms with Crippen LogP contribution in [0.3, 0.4) is 0 Å². The summed E-state index contributed by atoms with van der Waals surface area (Å²) in [5.41, 5.74) is 1.27. The molecule has 1 nitrogen and oxygen atoms in total. The highest BCUT2D eigenvalue weighted by Crippen LogP contribution is 2.31. The predicted octanol–water partition coefficient (Wildman–Crippen LogP) is 3.30.